The van der Waals surface area contributed by atoms with E-state index in [9.17, 15) is 19.6 Å². The largest absolute Gasteiger partial charge is 0.470 e. The molecule has 10 nitrogen and oxygen atoms in total. The molecular formula is C18H34ClN2O8PS. The van der Waals surface area contributed by atoms with Crippen LogP contribution in [0.5, 0.6) is 0 Å². The number of halogens is 1. The van der Waals surface area contributed by atoms with Gasteiger partial charge in [-0.05, 0) is 39.0 Å². The molecule has 2 rings (SSSR count). The number of rotatable bonds is 9. The first-order chi connectivity index (χ1) is 14.4. The van der Waals surface area contributed by atoms with Crippen LogP contribution in [0, 0.1) is 5.92 Å². The molecule has 13 heteroatoms. The van der Waals surface area contributed by atoms with Crippen molar-refractivity contribution in [1.82, 2.24) is 10.2 Å². The predicted octanol–water partition coefficient (Wildman–Crippen LogP) is 0.507. The number of nitrogens with one attached hydrogen (secondary N) is 1. The molecule has 2 aliphatic heterocycles. The molecule has 0 aromatic carbocycles. The van der Waals surface area contributed by atoms with Crippen molar-refractivity contribution >= 4 is 37.1 Å². The van der Waals surface area contributed by atoms with E-state index in [2.05, 4.69) is 16.8 Å². The third kappa shape index (κ3) is 7.02. The smallest absolute Gasteiger partial charge is 0.388 e. The molecule has 2 heterocycles. The molecule has 0 aromatic rings. The minimum atomic E-state index is -4.93. The third-order valence-electron chi connectivity index (χ3n) is 5.87. The summed E-state index contributed by atoms with van der Waals surface area (Å²) in [6.45, 7) is 4.57. The lowest BCUT2D eigenvalue weighted by Crippen LogP contribution is -2.65. The summed E-state index contributed by atoms with van der Waals surface area (Å²) >= 11 is 7.38. The number of aliphatic hydroxyl groups excluding tert-OH is 2. The first kappa shape index (κ1) is 27.3. The van der Waals surface area contributed by atoms with Crippen LogP contribution in [0.1, 0.15) is 33.1 Å². The summed E-state index contributed by atoms with van der Waals surface area (Å²) in [7, 11) is -3.04. The molecule has 2 aliphatic rings. The Morgan fingerprint density at radius 1 is 1.39 bits per heavy atom. The highest BCUT2D eigenvalue weighted by molar-refractivity contribution is 7.99. The second kappa shape index (κ2) is 11.5. The van der Waals surface area contributed by atoms with Gasteiger partial charge in [-0.15, -0.1) is 23.4 Å². The Labute approximate surface area is 192 Å². The Hall–Kier alpha value is 0.0600. The molecular weight excluding hydrogens is 471 g/mol. The molecule has 0 spiro atoms. The van der Waals surface area contributed by atoms with E-state index in [-0.39, 0.29) is 11.9 Å². The van der Waals surface area contributed by atoms with Crippen LogP contribution < -0.4 is 5.32 Å². The highest BCUT2D eigenvalue weighted by Gasteiger charge is 2.51. The fourth-order valence-electron chi connectivity index (χ4n) is 4.37. The molecule has 0 saturated carbocycles. The van der Waals surface area contributed by atoms with E-state index in [1.807, 2.05) is 11.9 Å². The number of carbonyl (C=O) groups is 1. The van der Waals surface area contributed by atoms with Gasteiger partial charge in [0.2, 0.25) is 5.91 Å². The van der Waals surface area contributed by atoms with Gasteiger partial charge in [0.25, 0.3) is 0 Å². The quantitative estimate of drug-likeness (QED) is 0.222. The molecule has 2 fully saturated rings. The van der Waals surface area contributed by atoms with Crippen LogP contribution in [0.3, 0.4) is 0 Å². The van der Waals surface area contributed by atoms with Gasteiger partial charge in [0.05, 0.1) is 17.5 Å². The van der Waals surface area contributed by atoms with Crippen molar-refractivity contribution in [3.8, 4) is 0 Å². The van der Waals surface area contributed by atoms with Crippen LogP contribution in [-0.2, 0) is 18.6 Å². The summed E-state index contributed by atoms with van der Waals surface area (Å²) in [5.74, 6) is 0.195. The van der Waals surface area contributed by atoms with Crippen molar-refractivity contribution in [3.63, 3.8) is 0 Å². The third-order valence-corrected chi connectivity index (χ3v) is 7.50. The number of thioether (sulfide) groups is 1. The Morgan fingerprint density at radius 3 is 2.55 bits per heavy atom. The van der Waals surface area contributed by atoms with Gasteiger partial charge in [0.15, 0.2) is 0 Å². The van der Waals surface area contributed by atoms with Gasteiger partial charge >= 0.3 is 7.82 Å². The van der Waals surface area contributed by atoms with Crippen LogP contribution in [0.15, 0.2) is 0 Å². The molecule has 1 unspecified atom stereocenters. The van der Waals surface area contributed by atoms with Gasteiger partial charge in [-0.2, -0.15) is 0 Å². The summed E-state index contributed by atoms with van der Waals surface area (Å²) < 4.78 is 21.7. The zero-order valence-electron chi connectivity index (χ0n) is 18.1. The fourth-order valence-corrected chi connectivity index (χ4v) is 5.93. The van der Waals surface area contributed by atoms with Crippen LogP contribution >= 0.6 is 31.2 Å². The van der Waals surface area contributed by atoms with E-state index in [0.29, 0.717) is 5.92 Å². The first-order valence-electron chi connectivity index (χ1n) is 10.3. The lowest BCUT2D eigenvalue weighted by Gasteiger charge is -2.45. The van der Waals surface area contributed by atoms with E-state index in [1.165, 1.54) is 0 Å². The highest BCUT2D eigenvalue weighted by Crippen LogP contribution is 2.43. The first-order valence-corrected chi connectivity index (χ1v) is 13.6. The van der Waals surface area contributed by atoms with Crippen molar-refractivity contribution in [2.75, 3.05) is 19.8 Å². The van der Waals surface area contributed by atoms with E-state index in [4.69, 9.17) is 26.1 Å². The molecule has 1 amide bonds. The lowest BCUT2D eigenvalue weighted by molar-refractivity contribution is -0.201. The summed E-state index contributed by atoms with van der Waals surface area (Å²) in [5.41, 5.74) is -0.992. The Kier molecular flexibility index (Phi) is 10.1. The zero-order valence-corrected chi connectivity index (χ0v) is 20.6. The number of nitrogens with zero attached hydrogens (tertiary/aromatic N) is 1. The number of likely N-dealkylation sites (tertiary alicyclic amines) is 1. The normalized spacial score (nSPS) is 36.9. The molecule has 5 N–H and O–H groups in total. The number of aliphatic hydroxyl groups is 2. The molecule has 31 heavy (non-hydrogen) atoms. The average molecular weight is 505 g/mol. The van der Waals surface area contributed by atoms with E-state index >= 15 is 0 Å². The molecule has 0 aromatic heterocycles. The molecule has 0 aliphatic carbocycles. The molecule has 182 valence electrons. The van der Waals surface area contributed by atoms with E-state index < -0.39 is 49.1 Å². The topological polar surface area (TPSA) is 149 Å². The monoisotopic (exact) mass is 504 g/mol. The van der Waals surface area contributed by atoms with Crippen LogP contribution in [0.2, 0.25) is 0 Å². The second-order valence-electron chi connectivity index (χ2n) is 8.30. The van der Waals surface area contributed by atoms with Crippen molar-refractivity contribution in [2.24, 2.45) is 5.92 Å². The summed E-state index contributed by atoms with van der Waals surface area (Å²) in [6, 6.07) is -1.18. The van der Waals surface area contributed by atoms with E-state index in [1.54, 1.807) is 13.2 Å². The van der Waals surface area contributed by atoms with Crippen LogP contribution in [-0.4, -0.2) is 98.0 Å². The van der Waals surface area contributed by atoms with Gasteiger partial charge < -0.3 is 30.1 Å². The number of carbonyl (C=O) groups excluding carboxylic acids is 1. The maximum Gasteiger partial charge on any atom is 0.470 e. The Morgan fingerprint density at radius 2 is 2.03 bits per heavy atom. The number of hydrogen-bond donors (Lipinski definition) is 5. The Balaban J connectivity index is 2.15. The van der Waals surface area contributed by atoms with Crippen molar-refractivity contribution in [1.29, 1.82) is 0 Å². The fraction of sp³-hybridized carbons (Fsp3) is 0.944. The number of amides is 1. The maximum absolute atomic E-state index is 13.0. The van der Waals surface area contributed by atoms with Crippen LogP contribution in [0.4, 0.5) is 0 Å². The predicted molar refractivity (Wildman–Crippen MR) is 118 cm³/mol. The second-order valence-corrected chi connectivity index (χ2v) is 11.1. The summed E-state index contributed by atoms with van der Waals surface area (Å²) in [6.07, 6.45) is -1.37. The standard InChI is InChI=1S/C18H34ClN2O8PS/c1-5-6-10-7-11(21(3)8-10)17(24)20-12(9(2)19)15-13(22)14(23)16(18(28-15)31-4)29-30(25,26)27/h9-16,18,22-23H,5-8H2,1-4H3,(H,20,24)(H2,25,26,27)/t9?,10-,11+,12-,13-,14+,15-,16-,18-/m0/s1. The molecule has 0 radical (unpaired) electrons. The number of ether oxygens (including phenoxy) is 1. The van der Waals surface area contributed by atoms with Crippen molar-refractivity contribution in [2.45, 2.75) is 80.4 Å². The van der Waals surface area contributed by atoms with Gasteiger partial charge in [-0.1, -0.05) is 13.3 Å². The molecule has 0 bridgehead atoms. The number of phosphoric ester groups is 1. The van der Waals surface area contributed by atoms with Crippen molar-refractivity contribution < 1.29 is 38.6 Å². The molecule has 9 atom stereocenters. The van der Waals surface area contributed by atoms with Gasteiger partial charge in [-0.3, -0.25) is 14.2 Å². The SMILES string of the molecule is CCC[C@H]1C[C@H](C(=O)N[C@@H](C(C)Cl)[C@@H]2O[C@@H](SC)[C@@H](OP(=O)(O)O)[C@H](O)[C@@H]2O)N(C)C1. The van der Waals surface area contributed by atoms with E-state index in [0.717, 1.165) is 37.6 Å². The summed E-state index contributed by atoms with van der Waals surface area (Å²) in [5, 5.41) is 23.4. The molecule has 2 saturated heterocycles. The number of hydrogen-bond acceptors (Lipinski definition) is 8. The maximum atomic E-state index is 13.0. The average Bonchev–Trinajstić information content (AvgIpc) is 3.03. The minimum Gasteiger partial charge on any atom is -0.388 e. The van der Waals surface area contributed by atoms with Gasteiger partial charge in [0, 0.05) is 6.54 Å². The van der Waals surface area contributed by atoms with Gasteiger partial charge in [-0.25, -0.2) is 4.57 Å². The van der Waals surface area contributed by atoms with Crippen LogP contribution in [0.25, 0.3) is 0 Å². The minimum absolute atomic E-state index is 0.238. The summed E-state index contributed by atoms with van der Waals surface area (Å²) in [4.78, 5) is 33.3. The Bertz CT molecular complexity index is 654. The lowest BCUT2D eigenvalue weighted by atomic mass is 9.92. The highest BCUT2D eigenvalue weighted by atomic mass is 35.5. The zero-order chi connectivity index (χ0) is 23.5. The number of phosphoric acid groups is 1. The van der Waals surface area contributed by atoms with Gasteiger partial charge in [0.1, 0.15) is 29.9 Å². The number of likely N-dealkylation sites (N-methyl/N-ethyl adjacent to an activating group) is 1. The van der Waals surface area contributed by atoms with Crippen molar-refractivity contribution in [3.05, 3.63) is 0 Å². The number of alkyl halides is 1.